The summed E-state index contributed by atoms with van der Waals surface area (Å²) < 4.78 is 1.45. The number of allylic oxidation sites excluding steroid dienone is 1. The normalized spacial score (nSPS) is 13.3. The van der Waals surface area contributed by atoms with Crippen LogP contribution in [-0.2, 0) is 6.54 Å². The van der Waals surface area contributed by atoms with E-state index in [1.54, 1.807) is 6.07 Å². The van der Waals surface area contributed by atoms with Gasteiger partial charge in [0.05, 0.1) is 10.7 Å². The maximum absolute atomic E-state index is 13.3. The highest BCUT2D eigenvalue weighted by molar-refractivity contribution is 6.11. The average Bonchev–Trinajstić information content (AvgIpc) is 3.42. The molecule has 6 rings (SSSR count). The van der Waals surface area contributed by atoms with Crippen molar-refractivity contribution >= 4 is 32.9 Å². The Morgan fingerprint density at radius 3 is 2.35 bits per heavy atom. The van der Waals surface area contributed by atoms with Gasteiger partial charge < -0.3 is 5.11 Å². The third-order valence-electron chi connectivity index (χ3n) is 7.24. The van der Waals surface area contributed by atoms with E-state index in [1.807, 2.05) is 91.9 Å². The molecule has 1 N–H and O–H groups in total. The molecule has 2 heterocycles. The summed E-state index contributed by atoms with van der Waals surface area (Å²) in [6, 6.07) is 28.1. The predicted molar refractivity (Wildman–Crippen MR) is 153 cm³/mol. The Morgan fingerprint density at radius 1 is 0.850 bits per heavy atom. The van der Waals surface area contributed by atoms with E-state index in [0.29, 0.717) is 50.4 Å². The van der Waals surface area contributed by atoms with E-state index < -0.39 is 0 Å². The average molecular weight is 522 g/mol. The lowest BCUT2D eigenvalue weighted by Gasteiger charge is -2.14. The predicted octanol–water partition coefficient (Wildman–Crippen LogP) is 4.25. The number of hydrogen-bond donors (Lipinski definition) is 1. The van der Waals surface area contributed by atoms with Crippen molar-refractivity contribution in [1.29, 1.82) is 10.5 Å². The van der Waals surface area contributed by atoms with Crippen LogP contribution in [0, 0.1) is 22.7 Å². The van der Waals surface area contributed by atoms with Gasteiger partial charge in [0.25, 0.3) is 5.56 Å². The molecule has 7 nitrogen and oxygen atoms in total. The molecule has 40 heavy (non-hydrogen) atoms. The Kier molecular flexibility index (Phi) is 6.18. The van der Waals surface area contributed by atoms with Crippen molar-refractivity contribution in [3.05, 3.63) is 122 Å². The van der Waals surface area contributed by atoms with E-state index in [4.69, 9.17) is 9.98 Å². The Morgan fingerprint density at radius 2 is 1.60 bits per heavy atom. The van der Waals surface area contributed by atoms with E-state index in [0.717, 1.165) is 29.0 Å². The molecule has 0 unspecified atom stereocenters. The minimum Gasteiger partial charge on any atom is -0.494 e. The number of benzene rings is 4. The lowest BCUT2D eigenvalue weighted by molar-refractivity contribution is 0.409. The van der Waals surface area contributed by atoms with Crippen molar-refractivity contribution in [2.24, 2.45) is 9.98 Å². The highest BCUT2D eigenvalue weighted by Crippen LogP contribution is 2.30. The molecule has 0 atom stereocenters. The first-order valence-corrected chi connectivity index (χ1v) is 13.0. The zero-order valence-corrected chi connectivity index (χ0v) is 21.7. The minimum atomic E-state index is -0.217. The summed E-state index contributed by atoms with van der Waals surface area (Å²) in [5.41, 5.74) is 1.79. The minimum absolute atomic E-state index is 0.0163. The van der Waals surface area contributed by atoms with Crippen LogP contribution < -0.4 is 21.5 Å². The van der Waals surface area contributed by atoms with Gasteiger partial charge in [-0.1, -0.05) is 61.9 Å². The van der Waals surface area contributed by atoms with Crippen LogP contribution in [0.1, 0.15) is 30.9 Å². The van der Waals surface area contributed by atoms with Crippen molar-refractivity contribution in [2.75, 3.05) is 0 Å². The van der Waals surface area contributed by atoms with Gasteiger partial charge in [-0.25, -0.2) is 9.98 Å². The SMILES string of the molecule is CCCCn1c(O)c2cccc3/c(=C4\N=c5ccc(C(=C(C#N)C#N)c6ccccc6)cc5=N4)ccc(c1=O)c23. The Labute approximate surface area is 229 Å². The van der Waals surface area contributed by atoms with Gasteiger partial charge in [-0.2, -0.15) is 10.5 Å². The molecule has 4 aromatic carbocycles. The fourth-order valence-corrected chi connectivity index (χ4v) is 5.31. The van der Waals surface area contributed by atoms with E-state index in [1.165, 1.54) is 4.57 Å². The topological polar surface area (TPSA) is 115 Å². The van der Waals surface area contributed by atoms with Crippen LogP contribution >= 0.6 is 0 Å². The number of hydrogen-bond acceptors (Lipinski definition) is 6. The van der Waals surface area contributed by atoms with Gasteiger partial charge in [0.15, 0.2) is 5.82 Å². The second-order valence-corrected chi connectivity index (χ2v) is 9.61. The molecule has 0 saturated carbocycles. The Balaban J connectivity index is 1.59. The number of rotatable bonds is 5. The molecule has 0 fully saturated rings. The fraction of sp³-hybridized carbons (Fsp3) is 0.121. The first-order valence-electron chi connectivity index (χ1n) is 13.0. The number of nitrogens with zero attached hydrogens (tertiary/aromatic N) is 5. The number of aromatic hydroxyl groups is 1. The number of pyridine rings is 1. The molecule has 1 aromatic heterocycles. The number of unbranched alkanes of at least 4 members (excludes halogenated alkanes) is 1. The third kappa shape index (κ3) is 3.93. The third-order valence-corrected chi connectivity index (χ3v) is 7.24. The van der Waals surface area contributed by atoms with Gasteiger partial charge in [0, 0.05) is 33.5 Å². The van der Waals surface area contributed by atoms with E-state index in [-0.39, 0.29) is 17.0 Å². The van der Waals surface area contributed by atoms with Crippen LogP contribution in [0.2, 0.25) is 0 Å². The molecule has 0 spiro atoms. The van der Waals surface area contributed by atoms with Gasteiger partial charge in [-0.15, -0.1) is 0 Å². The van der Waals surface area contributed by atoms with Crippen LogP contribution in [-0.4, -0.2) is 9.67 Å². The Hall–Kier alpha value is -5.53. The second kappa shape index (κ2) is 9.98. The molecule has 7 heteroatoms. The maximum atomic E-state index is 13.3. The first-order chi connectivity index (χ1) is 19.5. The number of nitriles is 2. The zero-order chi connectivity index (χ0) is 27.8. The van der Waals surface area contributed by atoms with Crippen molar-refractivity contribution < 1.29 is 5.11 Å². The van der Waals surface area contributed by atoms with Gasteiger partial charge in [0.1, 0.15) is 17.7 Å². The fourth-order valence-electron chi connectivity index (χ4n) is 5.31. The second-order valence-electron chi connectivity index (χ2n) is 9.61. The molecule has 192 valence electrons. The highest BCUT2D eigenvalue weighted by Gasteiger charge is 2.17. The van der Waals surface area contributed by atoms with Gasteiger partial charge >= 0.3 is 0 Å². The molecule has 0 bridgehead atoms. The van der Waals surface area contributed by atoms with E-state index in [2.05, 4.69) is 0 Å². The standard InChI is InChI=1S/C33H23N5O2/c1-2-3-16-38-32(39)25-11-7-10-23-24(13-14-26(30(23)25)33(38)40)31-36-27-15-12-21(17-28(27)37-31)29(22(18-34)19-35)20-8-5-4-6-9-20/h4-15,17,39H,2-3,16H2,1H3/b31-24+. The Bertz CT molecular complexity index is 2180. The van der Waals surface area contributed by atoms with Crippen LogP contribution in [0.3, 0.4) is 0 Å². The molecule has 1 aliphatic rings. The monoisotopic (exact) mass is 521 g/mol. The lowest BCUT2D eigenvalue weighted by Crippen LogP contribution is -2.22. The summed E-state index contributed by atoms with van der Waals surface area (Å²) in [5, 5.41) is 34.9. The quantitative estimate of drug-likeness (QED) is 0.348. The van der Waals surface area contributed by atoms with Crippen LogP contribution in [0.5, 0.6) is 5.88 Å². The molecule has 0 saturated heterocycles. The number of fused-ring (bicyclic) bond motifs is 1. The maximum Gasteiger partial charge on any atom is 0.261 e. The van der Waals surface area contributed by atoms with Crippen molar-refractivity contribution in [3.63, 3.8) is 0 Å². The summed E-state index contributed by atoms with van der Waals surface area (Å²) in [7, 11) is 0. The summed E-state index contributed by atoms with van der Waals surface area (Å²) in [4.78, 5) is 22.9. The van der Waals surface area contributed by atoms with Gasteiger partial charge in [-0.3, -0.25) is 9.36 Å². The zero-order valence-electron chi connectivity index (χ0n) is 21.7. The van der Waals surface area contributed by atoms with Crippen molar-refractivity contribution in [1.82, 2.24) is 4.57 Å². The van der Waals surface area contributed by atoms with Crippen LogP contribution in [0.4, 0.5) is 0 Å². The smallest absolute Gasteiger partial charge is 0.261 e. The summed E-state index contributed by atoms with van der Waals surface area (Å²) in [6.07, 6.45) is 1.70. The van der Waals surface area contributed by atoms with Gasteiger partial charge in [-0.05, 0) is 53.3 Å². The van der Waals surface area contributed by atoms with Crippen LogP contribution in [0.15, 0.2) is 99.2 Å². The molecule has 1 aliphatic heterocycles. The summed E-state index contributed by atoms with van der Waals surface area (Å²) in [5.74, 6) is 0.458. The van der Waals surface area contributed by atoms with E-state index in [9.17, 15) is 20.4 Å². The molecule has 0 amide bonds. The molecular weight excluding hydrogens is 498 g/mol. The molecular formula is C33H23N5O2. The molecule has 0 aliphatic carbocycles. The highest BCUT2D eigenvalue weighted by atomic mass is 16.3. The summed E-state index contributed by atoms with van der Waals surface area (Å²) in [6.45, 7) is 2.50. The summed E-state index contributed by atoms with van der Waals surface area (Å²) >= 11 is 0. The molecule has 0 radical (unpaired) electrons. The first kappa shape index (κ1) is 24.8. The number of aromatic nitrogens is 1. The van der Waals surface area contributed by atoms with Crippen molar-refractivity contribution in [3.8, 4) is 18.0 Å². The molecule has 5 aromatic rings. The van der Waals surface area contributed by atoms with Crippen LogP contribution in [0.25, 0.3) is 32.9 Å². The lowest BCUT2D eigenvalue weighted by atomic mass is 9.94. The van der Waals surface area contributed by atoms with Crippen molar-refractivity contribution in [2.45, 2.75) is 26.3 Å². The van der Waals surface area contributed by atoms with Gasteiger partial charge in [0.2, 0.25) is 5.88 Å². The van der Waals surface area contributed by atoms with E-state index >= 15 is 0 Å². The largest absolute Gasteiger partial charge is 0.494 e.